The zero-order valence-corrected chi connectivity index (χ0v) is 15.3. The molecule has 0 unspecified atom stereocenters. The molecule has 0 fully saturated rings. The van der Waals surface area contributed by atoms with Crippen molar-refractivity contribution in [2.75, 3.05) is 23.8 Å². The first-order valence-electron chi connectivity index (χ1n) is 8.91. The van der Waals surface area contributed by atoms with Crippen LogP contribution in [-0.4, -0.2) is 33.2 Å². The summed E-state index contributed by atoms with van der Waals surface area (Å²) < 4.78 is 30.9. The Morgan fingerprint density at radius 3 is 2.77 bits per heavy atom. The molecule has 0 aromatic heterocycles. The number of amides is 1. The maximum absolute atomic E-state index is 12.7. The number of ether oxygens (including phenoxy) is 1. The van der Waals surface area contributed by atoms with Crippen LogP contribution in [0.4, 0.5) is 5.69 Å². The first-order chi connectivity index (χ1) is 12.5. The average molecular weight is 371 g/mol. The molecule has 2 aromatic carbocycles. The summed E-state index contributed by atoms with van der Waals surface area (Å²) in [7, 11) is -3.47. The molecule has 26 heavy (non-hydrogen) atoms. The Balaban J connectivity index is 1.48. The van der Waals surface area contributed by atoms with Gasteiger partial charge in [-0.3, -0.25) is 4.79 Å². The smallest absolute Gasteiger partial charge is 0.228 e. The topological polar surface area (TPSA) is 63.7 Å². The molecule has 1 aliphatic carbocycles. The monoisotopic (exact) mass is 371 g/mol. The van der Waals surface area contributed by atoms with Gasteiger partial charge in [-0.1, -0.05) is 18.2 Å². The van der Waals surface area contributed by atoms with Crippen LogP contribution in [-0.2, 0) is 27.5 Å². The standard InChI is InChI=1S/C20H21NO4S/c22-20(21-11-12-25-19-7-2-1-6-18(19)21)10-13-26(23,24)17-9-8-15-4-3-5-16(15)14-17/h1-2,6-9,14H,3-5,10-13H2. The Hall–Kier alpha value is -2.34. The number of sulfone groups is 1. The maximum atomic E-state index is 12.7. The summed E-state index contributed by atoms with van der Waals surface area (Å²) in [6, 6.07) is 12.7. The van der Waals surface area contributed by atoms with Gasteiger partial charge in [-0.15, -0.1) is 0 Å². The van der Waals surface area contributed by atoms with Gasteiger partial charge < -0.3 is 9.64 Å². The summed E-state index contributed by atoms with van der Waals surface area (Å²) in [5.41, 5.74) is 3.07. The van der Waals surface area contributed by atoms with Gasteiger partial charge in [0.25, 0.3) is 0 Å². The molecule has 0 saturated heterocycles. The molecule has 136 valence electrons. The zero-order chi connectivity index (χ0) is 18.1. The molecule has 0 bridgehead atoms. The number of rotatable bonds is 4. The molecular formula is C20H21NO4S. The van der Waals surface area contributed by atoms with Crippen LogP contribution in [0.2, 0.25) is 0 Å². The van der Waals surface area contributed by atoms with Crippen LogP contribution >= 0.6 is 0 Å². The quantitative estimate of drug-likeness (QED) is 0.829. The van der Waals surface area contributed by atoms with Crippen LogP contribution < -0.4 is 9.64 Å². The number of anilines is 1. The number of carbonyl (C=O) groups excluding carboxylic acids is 1. The van der Waals surface area contributed by atoms with E-state index in [0.29, 0.717) is 29.5 Å². The Morgan fingerprint density at radius 1 is 1.08 bits per heavy atom. The minimum atomic E-state index is -3.47. The fourth-order valence-electron chi connectivity index (χ4n) is 3.64. The lowest BCUT2D eigenvalue weighted by Gasteiger charge is -2.29. The van der Waals surface area contributed by atoms with Crippen LogP contribution in [0.5, 0.6) is 5.75 Å². The molecule has 2 aliphatic rings. The van der Waals surface area contributed by atoms with Crippen molar-refractivity contribution in [1.29, 1.82) is 0 Å². The van der Waals surface area contributed by atoms with E-state index in [2.05, 4.69) is 0 Å². The number of carbonyl (C=O) groups is 1. The second-order valence-electron chi connectivity index (χ2n) is 6.71. The third-order valence-corrected chi connectivity index (χ3v) is 6.76. The van der Waals surface area contributed by atoms with Crippen LogP contribution in [0, 0.1) is 0 Å². The fraction of sp³-hybridized carbons (Fsp3) is 0.350. The van der Waals surface area contributed by atoms with Gasteiger partial charge in [-0.25, -0.2) is 8.42 Å². The van der Waals surface area contributed by atoms with Crippen LogP contribution in [0.3, 0.4) is 0 Å². The van der Waals surface area contributed by atoms with Gasteiger partial charge in [0.1, 0.15) is 12.4 Å². The van der Waals surface area contributed by atoms with Gasteiger partial charge in [-0.2, -0.15) is 0 Å². The molecule has 1 heterocycles. The van der Waals surface area contributed by atoms with E-state index in [9.17, 15) is 13.2 Å². The van der Waals surface area contributed by atoms with Crippen molar-refractivity contribution in [3.8, 4) is 5.75 Å². The Bertz CT molecular complexity index is 952. The predicted octanol–water partition coefficient (Wildman–Crippen LogP) is 2.76. The van der Waals surface area contributed by atoms with E-state index in [0.717, 1.165) is 24.8 Å². The molecule has 2 aromatic rings. The second-order valence-corrected chi connectivity index (χ2v) is 8.82. The maximum Gasteiger partial charge on any atom is 0.228 e. The zero-order valence-electron chi connectivity index (χ0n) is 14.5. The van der Waals surface area contributed by atoms with Crippen LogP contribution in [0.1, 0.15) is 24.0 Å². The average Bonchev–Trinajstić information content (AvgIpc) is 3.13. The first-order valence-corrected chi connectivity index (χ1v) is 10.6. The summed E-state index contributed by atoms with van der Waals surface area (Å²) in [5, 5.41) is 0. The Morgan fingerprint density at radius 2 is 1.88 bits per heavy atom. The number of aryl methyl sites for hydroxylation is 2. The lowest BCUT2D eigenvalue weighted by molar-refractivity contribution is -0.118. The van der Waals surface area contributed by atoms with E-state index in [1.54, 1.807) is 17.0 Å². The van der Waals surface area contributed by atoms with E-state index in [-0.39, 0.29) is 18.1 Å². The van der Waals surface area contributed by atoms with Gasteiger partial charge in [0.2, 0.25) is 5.91 Å². The third-order valence-electron chi connectivity index (χ3n) is 5.04. The van der Waals surface area contributed by atoms with Crippen molar-refractivity contribution in [2.24, 2.45) is 0 Å². The van der Waals surface area contributed by atoms with E-state index < -0.39 is 9.84 Å². The number of fused-ring (bicyclic) bond motifs is 2. The van der Waals surface area contributed by atoms with E-state index >= 15 is 0 Å². The first kappa shape index (κ1) is 17.1. The van der Waals surface area contributed by atoms with Gasteiger partial charge in [0, 0.05) is 6.42 Å². The van der Waals surface area contributed by atoms with Crippen molar-refractivity contribution >= 4 is 21.4 Å². The summed E-state index contributed by atoms with van der Waals surface area (Å²) in [4.78, 5) is 14.6. The molecule has 0 atom stereocenters. The highest BCUT2D eigenvalue weighted by Crippen LogP contribution is 2.31. The summed E-state index contributed by atoms with van der Waals surface area (Å²) in [6.45, 7) is 0.856. The van der Waals surface area contributed by atoms with E-state index in [1.165, 1.54) is 5.56 Å². The molecule has 0 radical (unpaired) electrons. The summed E-state index contributed by atoms with van der Waals surface area (Å²) >= 11 is 0. The molecule has 4 rings (SSSR count). The number of benzene rings is 2. The van der Waals surface area contributed by atoms with Crippen molar-refractivity contribution in [2.45, 2.75) is 30.6 Å². The fourth-order valence-corrected chi connectivity index (χ4v) is 4.92. The summed E-state index contributed by atoms with van der Waals surface area (Å²) in [5.74, 6) is 0.295. The SMILES string of the molecule is O=C(CCS(=O)(=O)c1ccc2c(c1)CCC2)N1CCOc2ccccc21. The lowest BCUT2D eigenvalue weighted by Crippen LogP contribution is -2.38. The van der Waals surface area contributed by atoms with Crippen molar-refractivity contribution < 1.29 is 17.9 Å². The van der Waals surface area contributed by atoms with Crippen molar-refractivity contribution in [3.63, 3.8) is 0 Å². The Labute approximate surface area is 153 Å². The molecule has 1 aliphatic heterocycles. The molecule has 1 amide bonds. The molecular weight excluding hydrogens is 350 g/mol. The minimum Gasteiger partial charge on any atom is -0.490 e. The molecule has 5 nitrogen and oxygen atoms in total. The number of hydrogen-bond donors (Lipinski definition) is 0. The minimum absolute atomic E-state index is 0.0340. The Kier molecular flexibility index (Phi) is 4.44. The van der Waals surface area contributed by atoms with Crippen molar-refractivity contribution in [1.82, 2.24) is 0 Å². The summed E-state index contributed by atoms with van der Waals surface area (Å²) in [6.07, 6.45) is 2.99. The largest absolute Gasteiger partial charge is 0.490 e. The highest BCUT2D eigenvalue weighted by molar-refractivity contribution is 7.91. The predicted molar refractivity (Wildman–Crippen MR) is 99.4 cm³/mol. The molecule has 0 N–H and O–H groups in total. The number of para-hydroxylation sites is 2. The lowest BCUT2D eigenvalue weighted by atomic mass is 10.1. The molecule has 6 heteroatoms. The molecule has 0 saturated carbocycles. The van der Waals surface area contributed by atoms with Crippen LogP contribution in [0.25, 0.3) is 0 Å². The highest BCUT2D eigenvalue weighted by atomic mass is 32.2. The van der Waals surface area contributed by atoms with Gasteiger partial charge in [-0.05, 0) is 54.7 Å². The van der Waals surface area contributed by atoms with E-state index in [1.807, 2.05) is 30.3 Å². The number of nitrogens with zero attached hydrogens (tertiary/aromatic N) is 1. The number of hydrogen-bond acceptors (Lipinski definition) is 4. The van der Waals surface area contributed by atoms with Gasteiger partial charge in [0.15, 0.2) is 9.84 Å². The third kappa shape index (κ3) is 3.21. The van der Waals surface area contributed by atoms with Gasteiger partial charge in [0.05, 0.1) is 22.9 Å². The van der Waals surface area contributed by atoms with E-state index in [4.69, 9.17) is 4.74 Å². The van der Waals surface area contributed by atoms with Crippen LogP contribution in [0.15, 0.2) is 47.4 Å². The normalized spacial score (nSPS) is 15.9. The molecule has 0 spiro atoms. The highest BCUT2D eigenvalue weighted by Gasteiger charge is 2.25. The van der Waals surface area contributed by atoms with Gasteiger partial charge >= 0.3 is 0 Å². The second kappa shape index (κ2) is 6.76. The van der Waals surface area contributed by atoms with Crippen molar-refractivity contribution in [3.05, 3.63) is 53.6 Å².